The number of aliphatic imine (C=N–C) groups is 1. The maximum Gasteiger partial charge on any atom is 0.266 e. The van der Waals surface area contributed by atoms with Gasteiger partial charge in [-0.2, -0.15) is 0 Å². The third kappa shape index (κ3) is 6.02. The van der Waals surface area contributed by atoms with E-state index in [1.54, 1.807) is 17.0 Å². The van der Waals surface area contributed by atoms with Crippen molar-refractivity contribution in [2.24, 2.45) is 4.99 Å². The van der Waals surface area contributed by atoms with E-state index >= 15 is 0 Å². The summed E-state index contributed by atoms with van der Waals surface area (Å²) in [7, 11) is 0. The largest absolute Gasteiger partial charge is 0.490 e. The SMILES string of the molecule is CCOc1cc(/C=C2/SC(=Nc3ccc(F)cc3)N(CC)C2=O)c(Br)cc1OCc1cccc2ccccc12. The van der Waals surface area contributed by atoms with Crippen molar-refractivity contribution in [2.75, 3.05) is 13.2 Å². The molecule has 0 atom stereocenters. The predicted molar refractivity (Wildman–Crippen MR) is 160 cm³/mol. The Morgan fingerprint density at radius 2 is 1.72 bits per heavy atom. The third-order valence-electron chi connectivity index (χ3n) is 6.17. The number of fused-ring (bicyclic) bond motifs is 1. The first kappa shape index (κ1) is 27.0. The van der Waals surface area contributed by atoms with Crippen LogP contribution in [0.1, 0.15) is 25.0 Å². The highest BCUT2D eigenvalue weighted by Crippen LogP contribution is 2.39. The molecule has 5 rings (SSSR count). The number of hydrogen-bond acceptors (Lipinski definition) is 5. The second-order valence-electron chi connectivity index (χ2n) is 8.71. The lowest BCUT2D eigenvalue weighted by molar-refractivity contribution is -0.122. The van der Waals surface area contributed by atoms with Crippen molar-refractivity contribution < 1.29 is 18.7 Å². The Labute approximate surface area is 239 Å². The first-order valence-corrected chi connectivity index (χ1v) is 14.2. The van der Waals surface area contributed by atoms with Gasteiger partial charge in [0.15, 0.2) is 16.7 Å². The Morgan fingerprint density at radius 3 is 2.49 bits per heavy atom. The average molecular weight is 606 g/mol. The summed E-state index contributed by atoms with van der Waals surface area (Å²) in [4.78, 5) is 19.9. The van der Waals surface area contributed by atoms with Crippen LogP contribution in [0.15, 0.2) is 93.2 Å². The fourth-order valence-electron chi connectivity index (χ4n) is 4.25. The number of likely N-dealkylation sites (N-methyl/N-ethyl adjacent to an activating group) is 1. The molecule has 4 aromatic carbocycles. The molecule has 4 aromatic rings. The van der Waals surface area contributed by atoms with Crippen LogP contribution in [0, 0.1) is 5.82 Å². The third-order valence-corrected chi connectivity index (χ3v) is 7.86. The number of halogens is 2. The fourth-order valence-corrected chi connectivity index (χ4v) is 5.74. The summed E-state index contributed by atoms with van der Waals surface area (Å²) in [5.41, 5.74) is 2.45. The molecule has 8 heteroatoms. The summed E-state index contributed by atoms with van der Waals surface area (Å²) in [6.07, 6.45) is 1.82. The zero-order valence-corrected chi connectivity index (χ0v) is 23.9. The van der Waals surface area contributed by atoms with Gasteiger partial charge >= 0.3 is 0 Å². The fraction of sp³-hybridized carbons (Fsp3) is 0.161. The van der Waals surface area contributed by atoms with Crippen molar-refractivity contribution in [3.05, 3.63) is 105 Å². The predicted octanol–water partition coefficient (Wildman–Crippen LogP) is 8.34. The molecule has 39 heavy (non-hydrogen) atoms. The molecule has 1 amide bonds. The van der Waals surface area contributed by atoms with E-state index in [0.29, 0.717) is 47.0 Å². The van der Waals surface area contributed by atoms with Crippen molar-refractivity contribution in [3.8, 4) is 11.5 Å². The normalized spacial score (nSPS) is 15.5. The molecule has 0 spiro atoms. The molecule has 0 radical (unpaired) electrons. The number of carbonyl (C=O) groups excluding carboxylic acids is 1. The molecule has 0 aliphatic carbocycles. The van der Waals surface area contributed by atoms with Gasteiger partial charge in [-0.25, -0.2) is 9.38 Å². The number of hydrogen-bond donors (Lipinski definition) is 0. The zero-order valence-electron chi connectivity index (χ0n) is 21.5. The lowest BCUT2D eigenvalue weighted by atomic mass is 10.1. The zero-order chi connectivity index (χ0) is 27.4. The van der Waals surface area contributed by atoms with Gasteiger partial charge in [-0.3, -0.25) is 9.69 Å². The summed E-state index contributed by atoms with van der Waals surface area (Å²) >= 11 is 4.94. The van der Waals surface area contributed by atoms with E-state index in [2.05, 4.69) is 45.2 Å². The van der Waals surface area contributed by atoms with Gasteiger partial charge in [0, 0.05) is 11.0 Å². The van der Waals surface area contributed by atoms with Gasteiger partial charge in [0.1, 0.15) is 12.4 Å². The van der Waals surface area contributed by atoms with Crippen LogP contribution in [0.3, 0.4) is 0 Å². The van der Waals surface area contributed by atoms with Crippen molar-refractivity contribution in [1.29, 1.82) is 0 Å². The highest BCUT2D eigenvalue weighted by atomic mass is 79.9. The topological polar surface area (TPSA) is 51.1 Å². The molecule has 198 valence electrons. The molecule has 0 saturated carbocycles. The number of ether oxygens (including phenoxy) is 2. The summed E-state index contributed by atoms with van der Waals surface area (Å²) in [6.45, 7) is 5.13. The molecule has 0 N–H and O–H groups in total. The van der Waals surface area contributed by atoms with E-state index < -0.39 is 0 Å². The van der Waals surface area contributed by atoms with E-state index in [4.69, 9.17) is 9.47 Å². The number of amides is 1. The van der Waals surface area contributed by atoms with E-state index in [-0.39, 0.29) is 11.7 Å². The van der Waals surface area contributed by atoms with Crippen LogP contribution in [0.5, 0.6) is 11.5 Å². The average Bonchev–Trinajstić information content (AvgIpc) is 3.24. The van der Waals surface area contributed by atoms with Crippen molar-refractivity contribution in [2.45, 2.75) is 20.5 Å². The van der Waals surface area contributed by atoms with Crippen LogP contribution < -0.4 is 9.47 Å². The Morgan fingerprint density at radius 1 is 0.974 bits per heavy atom. The number of rotatable bonds is 8. The number of carbonyl (C=O) groups is 1. The molecule has 1 fully saturated rings. The maximum absolute atomic E-state index is 13.3. The molecular formula is C31H26BrFN2O3S. The van der Waals surface area contributed by atoms with Crippen molar-refractivity contribution in [3.63, 3.8) is 0 Å². The van der Waals surface area contributed by atoms with Crippen LogP contribution in [0.4, 0.5) is 10.1 Å². The Hall–Kier alpha value is -3.62. The van der Waals surface area contributed by atoms with Crippen LogP contribution in [-0.2, 0) is 11.4 Å². The minimum Gasteiger partial charge on any atom is -0.490 e. The van der Waals surface area contributed by atoms with Crippen LogP contribution >= 0.6 is 27.7 Å². The van der Waals surface area contributed by atoms with Gasteiger partial charge in [-0.1, -0.05) is 58.4 Å². The number of amidine groups is 1. The maximum atomic E-state index is 13.3. The van der Waals surface area contributed by atoms with Gasteiger partial charge in [0.05, 0.1) is 17.2 Å². The van der Waals surface area contributed by atoms with E-state index in [0.717, 1.165) is 26.4 Å². The van der Waals surface area contributed by atoms with Gasteiger partial charge in [-0.05, 0) is 90.0 Å². The van der Waals surface area contributed by atoms with Crippen molar-refractivity contribution in [1.82, 2.24) is 4.90 Å². The number of nitrogens with zero attached hydrogens (tertiary/aromatic N) is 2. The number of benzene rings is 4. The van der Waals surface area contributed by atoms with Gasteiger partial charge in [0.25, 0.3) is 5.91 Å². The van der Waals surface area contributed by atoms with Gasteiger partial charge in [-0.15, -0.1) is 0 Å². The van der Waals surface area contributed by atoms with Crippen molar-refractivity contribution >= 4 is 61.3 Å². The lowest BCUT2D eigenvalue weighted by Gasteiger charge is -2.15. The molecule has 1 heterocycles. The first-order chi connectivity index (χ1) is 19.0. The molecule has 0 unspecified atom stereocenters. The molecular weight excluding hydrogens is 579 g/mol. The highest BCUT2D eigenvalue weighted by Gasteiger charge is 2.32. The molecule has 1 saturated heterocycles. The van der Waals surface area contributed by atoms with E-state index in [1.165, 1.54) is 23.9 Å². The van der Waals surface area contributed by atoms with Crippen LogP contribution in [-0.4, -0.2) is 29.1 Å². The molecule has 0 bridgehead atoms. The summed E-state index contributed by atoms with van der Waals surface area (Å²) < 4.78 is 26.2. The van der Waals surface area contributed by atoms with Crippen LogP contribution in [0.25, 0.3) is 16.8 Å². The van der Waals surface area contributed by atoms with E-state index in [1.807, 2.05) is 50.3 Å². The Balaban J connectivity index is 1.42. The number of thioether (sulfide) groups is 1. The Bertz CT molecular complexity index is 1580. The van der Waals surface area contributed by atoms with Crippen LogP contribution in [0.2, 0.25) is 0 Å². The van der Waals surface area contributed by atoms with E-state index in [9.17, 15) is 9.18 Å². The first-order valence-electron chi connectivity index (χ1n) is 12.6. The minimum absolute atomic E-state index is 0.135. The summed E-state index contributed by atoms with van der Waals surface area (Å²) in [6, 6.07) is 24.0. The Kier molecular flexibility index (Phi) is 8.33. The second-order valence-corrected chi connectivity index (χ2v) is 10.6. The monoisotopic (exact) mass is 604 g/mol. The standard InChI is InChI=1S/C31H26BrFN2O3S/c1-3-35-30(36)29(39-31(35)34-24-14-12-23(33)13-15-24)17-22-16-27(37-4-2)28(18-26(22)32)38-19-21-10-7-9-20-8-5-6-11-25(20)21/h5-18H,3-4,19H2,1-2H3/b29-17+,34-31?. The quantitative estimate of drug-likeness (QED) is 0.190. The second kappa shape index (κ2) is 12.1. The van der Waals surface area contributed by atoms with Gasteiger partial charge in [0.2, 0.25) is 0 Å². The van der Waals surface area contributed by atoms with Gasteiger partial charge < -0.3 is 9.47 Å². The molecule has 5 nitrogen and oxygen atoms in total. The molecule has 0 aromatic heterocycles. The lowest BCUT2D eigenvalue weighted by Crippen LogP contribution is -2.28. The highest BCUT2D eigenvalue weighted by molar-refractivity contribution is 9.10. The molecule has 1 aliphatic heterocycles. The molecule has 1 aliphatic rings. The minimum atomic E-state index is -0.332. The smallest absolute Gasteiger partial charge is 0.266 e. The summed E-state index contributed by atoms with van der Waals surface area (Å²) in [5, 5.41) is 2.86. The summed E-state index contributed by atoms with van der Waals surface area (Å²) in [5.74, 6) is 0.736.